The zero-order chi connectivity index (χ0) is 14.8. The smallest absolute Gasteiger partial charge is 0.349 e. The van der Waals surface area contributed by atoms with E-state index in [2.05, 4.69) is 15.3 Å². The first-order valence-corrected chi connectivity index (χ1v) is 7.54. The lowest BCUT2D eigenvalue weighted by Crippen LogP contribution is -2.23. The van der Waals surface area contributed by atoms with Gasteiger partial charge in [0.05, 0.1) is 5.71 Å². The van der Waals surface area contributed by atoms with E-state index in [9.17, 15) is 9.59 Å². The predicted octanol–water partition coefficient (Wildman–Crippen LogP) is 1.18. The fraction of sp³-hybridized carbons (Fsp3) is 0.357. The van der Waals surface area contributed by atoms with Crippen LogP contribution in [0.15, 0.2) is 28.2 Å². The summed E-state index contributed by atoms with van der Waals surface area (Å²) >= 11 is 1.78. The maximum atomic E-state index is 11.6. The first-order valence-electron chi connectivity index (χ1n) is 6.55. The van der Waals surface area contributed by atoms with Crippen LogP contribution in [-0.2, 0) is 14.3 Å². The van der Waals surface area contributed by atoms with E-state index in [1.807, 2.05) is 12.1 Å². The van der Waals surface area contributed by atoms with E-state index >= 15 is 0 Å². The number of hydrogen-bond acceptors (Lipinski definition) is 7. The molecule has 0 fully saturated rings. The van der Waals surface area contributed by atoms with Crippen molar-refractivity contribution in [2.24, 2.45) is 11.0 Å². The molecule has 7 heteroatoms. The lowest BCUT2D eigenvalue weighted by molar-refractivity contribution is -0.152. The van der Waals surface area contributed by atoms with Crippen molar-refractivity contribution < 1.29 is 19.1 Å². The highest BCUT2D eigenvalue weighted by Gasteiger charge is 2.29. The fourth-order valence-corrected chi connectivity index (χ4v) is 3.40. The van der Waals surface area contributed by atoms with Crippen LogP contribution >= 0.6 is 11.8 Å². The van der Waals surface area contributed by atoms with Gasteiger partial charge in [-0.05, 0) is 18.2 Å². The van der Waals surface area contributed by atoms with Gasteiger partial charge in [-0.2, -0.15) is 5.10 Å². The fourth-order valence-electron chi connectivity index (χ4n) is 2.26. The normalized spacial score (nSPS) is 18.9. The largest absolute Gasteiger partial charge is 0.454 e. The highest BCUT2D eigenvalue weighted by molar-refractivity contribution is 7.99. The van der Waals surface area contributed by atoms with Crippen LogP contribution in [0, 0.1) is 5.92 Å². The molecule has 6 nitrogen and oxygen atoms in total. The summed E-state index contributed by atoms with van der Waals surface area (Å²) in [6, 6.07) is 5.47. The molecule has 0 saturated carbocycles. The molecule has 0 amide bonds. The van der Waals surface area contributed by atoms with Crippen molar-refractivity contribution in [1.29, 1.82) is 0 Å². The lowest BCUT2D eigenvalue weighted by Gasteiger charge is -2.21. The molecule has 21 heavy (non-hydrogen) atoms. The maximum absolute atomic E-state index is 11.6. The molecule has 0 bridgehead atoms. The van der Waals surface area contributed by atoms with Crippen LogP contribution in [0.25, 0.3) is 0 Å². The second kappa shape index (κ2) is 5.77. The van der Waals surface area contributed by atoms with Crippen molar-refractivity contribution >= 4 is 29.4 Å². The minimum absolute atomic E-state index is 0.383. The zero-order valence-corrected chi connectivity index (χ0v) is 12.2. The number of ether oxygens (including phenoxy) is 2. The van der Waals surface area contributed by atoms with Gasteiger partial charge in [0, 0.05) is 35.6 Å². The van der Waals surface area contributed by atoms with E-state index in [0.29, 0.717) is 11.7 Å². The number of carbonyl (C=O) groups excluding carboxylic acids is 2. The number of nitrogens with one attached hydrogen (secondary N) is 1. The van der Waals surface area contributed by atoms with Crippen molar-refractivity contribution in [3.63, 3.8) is 0 Å². The van der Waals surface area contributed by atoms with Crippen LogP contribution in [-0.4, -0.2) is 36.6 Å². The molecule has 0 aliphatic carbocycles. The molecular formula is C14H14N2O4S. The van der Waals surface area contributed by atoms with E-state index in [1.165, 1.54) is 6.92 Å². The molecule has 1 aromatic carbocycles. The summed E-state index contributed by atoms with van der Waals surface area (Å²) in [5.41, 5.74) is 5.02. The Hall–Kier alpha value is -2.02. The molecule has 1 unspecified atom stereocenters. The van der Waals surface area contributed by atoms with Crippen LogP contribution in [0.1, 0.15) is 12.5 Å². The molecule has 1 aromatic rings. The molecule has 2 aliphatic rings. The molecule has 2 heterocycles. The van der Waals surface area contributed by atoms with Crippen molar-refractivity contribution in [2.45, 2.75) is 11.8 Å². The minimum Gasteiger partial charge on any atom is -0.454 e. The number of rotatable bonds is 3. The number of fused-ring (bicyclic) bond motifs is 3. The first-order chi connectivity index (χ1) is 10.1. The van der Waals surface area contributed by atoms with Gasteiger partial charge in [-0.15, -0.1) is 11.8 Å². The third kappa shape index (κ3) is 3.02. The van der Waals surface area contributed by atoms with Gasteiger partial charge in [0.2, 0.25) is 0 Å². The molecule has 0 saturated heterocycles. The Kier molecular flexibility index (Phi) is 3.83. The average molecular weight is 306 g/mol. The van der Waals surface area contributed by atoms with Crippen LogP contribution < -0.4 is 10.2 Å². The summed E-state index contributed by atoms with van der Waals surface area (Å²) in [7, 11) is 0. The lowest BCUT2D eigenvalue weighted by atomic mass is 9.98. The van der Waals surface area contributed by atoms with E-state index in [4.69, 9.17) is 4.74 Å². The number of hydrogen-bond donors (Lipinski definition) is 1. The summed E-state index contributed by atoms with van der Waals surface area (Å²) in [5.74, 6) is 0.723. The summed E-state index contributed by atoms with van der Waals surface area (Å²) in [4.78, 5) is 23.4. The van der Waals surface area contributed by atoms with Gasteiger partial charge in [0.1, 0.15) is 5.75 Å². The highest BCUT2D eigenvalue weighted by Crippen LogP contribution is 2.36. The second-order valence-corrected chi connectivity index (χ2v) is 5.84. The second-order valence-electron chi connectivity index (χ2n) is 4.78. The Labute approximate surface area is 125 Å². The summed E-state index contributed by atoms with van der Waals surface area (Å²) < 4.78 is 9.79. The summed E-state index contributed by atoms with van der Waals surface area (Å²) in [6.45, 7) is 1.71. The van der Waals surface area contributed by atoms with Crippen molar-refractivity contribution in [2.75, 3.05) is 18.9 Å². The van der Waals surface area contributed by atoms with Gasteiger partial charge >= 0.3 is 11.9 Å². The molecule has 1 atom stereocenters. The third-order valence-electron chi connectivity index (χ3n) is 3.22. The molecule has 1 N–H and O–H groups in total. The number of esters is 2. The number of carbonyl (C=O) groups is 2. The Morgan fingerprint density at radius 2 is 2.33 bits per heavy atom. The SMILES string of the molecule is CC(=O)OCC(=O)Oc1ccc2c(c1)C1=NNCC1CS2. The van der Waals surface area contributed by atoms with Crippen molar-refractivity contribution in [3.05, 3.63) is 23.8 Å². The average Bonchev–Trinajstić information content (AvgIpc) is 2.94. The van der Waals surface area contributed by atoms with Crippen molar-refractivity contribution in [1.82, 2.24) is 5.43 Å². The van der Waals surface area contributed by atoms with E-state index < -0.39 is 11.9 Å². The Balaban J connectivity index is 1.75. The summed E-state index contributed by atoms with van der Waals surface area (Å²) in [6.07, 6.45) is 0. The summed E-state index contributed by atoms with van der Waals surface area (Å²) in [5, 5.41) is 4.32. The zero-order valence-electron chi connectivity index (χ0n) is 11.4. The van der Waals surface area contributed by atoms with Crippen LogP contribution in [0.2, 0.25) is 0 Å². The standard InChI is InChI=1S/C14H14N2O4S/c1-8(17)19-6-13(18)20-10-2-3-12-11(4-10)14-9(7-21-12)5-15-16-14/h2-4,9,15H,5-7H2,1H3. The number of hydrazone groups is 1. The first kappa shape index (κ1) is 13.9. The monoisotopic (exact) mass is 306 g/mol. The molecule has 0 spiro atoms. The van der Waals surface area contributed by atoms with Gasteiger partial charge in [-0.25, -0.2) is 4.79 Å². The maximum Gasteiger partial charge on any atom is 0.349 e. The highest BCUT2D eigenvalue weighted by atomic mass is 32.2. The van der Waals surface area contributed by atoms with Crippen LogP contribution in [0.5, 0.6) is 5.75 Å². The number of benzene rings is 1. The quantitative estimate of drug-likeness (QED) is 0.667. The van der Waals surface area contributed by atoms with Gasteiger partial charge < -0.3 is 14.9 Å². The topological polar surface area (TPSA) is 77.0 Å². The van der Waals surface area contributed by atoms with Gasteiger partial charge in [0.25, 0.3) is 0 Å². The molecule has 2 aliphatic heterocycles. The molecular weight excluding hydrogens is 292 g/mol. The van der Waals surface area contributed by atoms with Crippen LogP contribution in [0.3, 0.4) is 0 Å². The van der Waals surface area contributed by atoms with Gasteiger partial charge in [0.15, 0.2) is 6.61 Å². The minimum atomic E-state index is -0.600. The van der Waals surface area contributed by atoms with E-state index in [-0.39, 0.29) is 6.61 Å². The van der Waals surface area contributed by atoms with E-state index in [0.717, 1.165) is 28.5 Å². The molecule has 110 valence electrons. The Bertz CT molecular complexity index is 629. The molecule has 0 aromatic heterocycles. The van der Waals surface area contributed by atoms with Gasteiger partial charge in [-0.1, -0.05) is 0 Å². The molecule has 3 rings (SSSR count). The van der Waals surface area contributed by atoms with Gasteiger partial charge in [-0.3, -0.25) is 4.79 Å². The number of thioether (sulfide) groups is 1. The Morgan fingerprint density at radius 3 is 3.14 bits per heavy atom. The number of nitrogens with zero attached hydrogens (tertiary/aromatic N) is 1. The Morgan fingerprint density at radius 1 is 1.48 bits per heavy atom. The van der Waals surface area contributed by atoms with Crippen molar-refractivity contribution in [3.8, 4) is 5.75 Å². The predicted molar refractivity (Wildman–Crippen MR) is 77.5 cm³/mol. The van der Waals surface area contributed by atoms with Crippen LogP contribution in [0.4, 0.5) is 0 Å². The van der Waals surface area contributed by atoms with E-state index in [1.54, 1.807) is 17.8 Å². The third-order valence-corrected chi connectivity index (χ3v) is 4.45. The molecule has 0 radical (unpaired) electrons.